The predicted octanol–water partition coefficient (Wildman–Crippen LogP) is 4.87. The van der Waals surface area contributed by atoms with Crippen molar-refractivity contribution in [3.8, 4) is 0 Å². The average Bonchev–Trinajstić information content (AvgIpc) is 3.33. The second-order valence-corrected chi connectivity index (χ2v) is 5.01. The van der Waals surface area contributed by atoms with Crippen molar-refractivity contribution in [1.82, 2.24) is 9.55 Å². The largest absolute Gasteiger partial charge is 0.466 e. The molecule has 0 N–H and O–H groups in total. The van der Waals surface area contributed by atoms with Crippen molar-refractivity contribution < 1.29 is 9.53 Å². The molecule has 2 atom stereocenters. The quantitative estimate of drug-likeness (QED) is 0.726. The second-order valence-electron chi connectivity index (χ2n) is 5.01. The molecule has 4 nitrogen and oxygen atoms in total. The first-order valence-electron chi connectivity index (χ1n) is 8.96. The van der Waals surface area contributed by atoms with Gasteiger partial charge in [0.1, 0.15) is 5.82 Å². The van der Waals surface area contributed by atoms with Crippen LogP contribution in [0.2, 0.25) is 0 Å². The highest BCUT2D eigenvalue weighted by Gasteiger charge is 2.47. The summed E-state index contributed by atoms with van der Waals surface area (Å²) < 4.78 is 7.16. The molecule has 0 amide bonds. The average molecular weight is 322 g/mol. The summed E-state index contributed by atoms with van der Waals surface area (Å²) in [6.07, 6.45) is 6.00. The summed E-state index contributed by atoms with van der Waals surface area (Å²) in [6.45, 7) is 14.5. The van der Waals surface area contributed by atoms with E-state index in [1.54, 1.807) is 0 Å². The number of aromatic nitrogens is 2. The number of ether oxygens (including phenoxy) is 1. The highest BCUT2D eigenvalue weighted by molar-refractivity contribution is 5.77. The highest BCUT2D eigenvalue weighted by Crippen LogP contribution is 2.48. The zero-order chi connectivity index (χ0) is 18.0. The van der Waals surface area contributed by atoms with Crippen molar-refractivity contribution in [2.24, 2.45) is 13.0 Å². The van der Waals surface area contributed by atoms with Crippen LogP contribution in [0, 0.1) is 12.8 Å². The lowest BCUT2D eigenvalue weighted by Gasteiger charge is -2.01. The fourth-order valence-electron chi connectivity index (χ4n) is 2.35. The van der Waals surface area contributed by atoms with Gasteiger partial charge in [0, 0.05) is 18.7 Å². The number of imidazole rings is 1. The molecule has 0 spiro atoms. The summed E-state index contributed by atoms with van der Waals surface area (Å²) in [4.78, 5) is 16.4. The molecule has 0 bridgehead atoms. The van der Waals surface area contributed by atoms with Crippen molar-refractivity contribution in [2.45, 2.75) is 67.2 Å². The van der Waals surface area contributed by atoms with E-state index in [2.05, 4.69) is 29.5 Å². The third kappa shape index (κ3) is 5.52. The first kappa shape index (κ1) is 21.4. The van der Waals surface area contributed by atoms with Gasteiger partial charge < -0.3 is 9.30 Å². The van der Waals surface area contributed by atoms with Crippen LogP contribution in [0.25, 0.3) is 6.08 Å². The topological polar surface area (TPSA) is 44.1 Å². The summed E-state index contributed by atoms with van der Waals surface area (Å²) in [5, 5.41) is 0. The van der Waals surface area contributed by atoms with E-state index < -0.39 is 0 Å². The lowest BCUT2D eigenvalue weighted by Crippen LogP contribution is -2.07. The van der Waals surface area contributed by atoms with Crippen LogP contribution in [0.3, 0.4) is 0 Å². The van der Waals surface area contributed by atoms with Crippen molar-refractivity contribution >= 4 is 12.0 Å². The van der Waals surface area contributed by atoms with Crippen LogP contribution in [0.1, 0.15) is 77.5 Å². The van der Waals surface area contributed by atoms with Gasteiger partial charge >= 0.3 is 5.97 Å². The molecule has 2 unspecified atom stereocenters. The Labute approximate surface area is 142 Å². The number of hydrogen-bond acceptors (Lipinski definition) is 3. The van der Waals surface area contributed by atoms with Crippen LogP contribution < -0.4 is 0 Å². The van der Waals surface area contributed by atoms with Crippen LogP contribution >= 0.6 is 0 Å². The molecule has 0 saturated heterocycles. The number of rotatable bonds is 5. The summed E-state index contributed by atoms with van der Waals surface area (Å²) in [7, 11) is 2.02. The van der Waals surface area contributed by atoms with Gasteiger partial charge in [-0.25, -0.2) is 4.98 Å². The monoisotopic (exact) mass is 322 g/mol. The molecule has 23 heavy (non-hydrogen) atoms. The standard InChI is InChI=1S/C15H22N2O2.2C2H6/c1-5-7-8-13-16-14(10(3)17(13)4)11-9-12(11)15(18)19-6-2;2*1-2/h7-8,11-12H,5-6,9H2,1-4H3;2*1-2H3/b8-7-;;. The van der Waals surface area contributed by atoms with E-state index in [0.717, 1.165) is 30.1 Å². The van der Waals surface area contributed by atoms with Gasteiger partial charge in [-0.05, 0) is 32.8 Å². The molecule has 0 aromatic carbocycles. The van der Waals surface area contributed by atoms with Crippen LogP contribution in [-0.4, -0.2) is 22.1 Å². The van der Waals surface area contributed by atoms with E-state index in [0.29, 0.717) is 6.61 Å². The molecular formula is C19H34N2O2. The minimum Gasteiger partial charge on any atom is -0.466 e. The van der Waals surface area contributed by atoms with Crippen molar-refractivity contribution in [3.63, 3.8) is 0 Å². The summed E-state index contributed by atoms with van der Waals surface area (Å²) in [6, 6.07) is 0. The Kier molecular flexibility index (Phi) is 10.3. The molecular weight excluding hydrogens is 288 g/mol. The van der Waals surface area contributed by atoms with Crippen molar-refractivity contribution in [3.05, 3.63) is 23.3 Å². The number of carbonyl (C=O) groups is 1. The van der Waals surface area contributed by atoms with Gasteiger partial charge in [-0.15, -0.1) is 0 Å². The summed E-state index contributed by atoms with van der Waals surface area (Å²) >= 11 is 0. The number of nitrogens with zero attached hydrogens (tertiary/aromatic N) is 2. The van der Waals surface area contributed by atoms with Gasteiger partial charge in [0.25, 0.3) is 0 Å². The van der Waals surface area contributed by atoms with Crippen LogP contribution in [0.5, 0.6) is 0 Å². The Morgan fingerprint density at radius 1 is 1.30 bits per heavy atom. The Hall–Kier alpha value is -1.58. The molecule has 1 saturated carbocycles. The summed E-state index contributed by atoms with van der Waals surface area (Å²) in [5.41, 5.74) is 2.20. The smallest absolute Gasteiger partial charge is 0.309 e. The molecule has 0 radical (unpaired) electrons. The molecule has 4 heteroatoms. The third-order valence-electron chi connectivity index (χ3n) is 3.69. The minimum atomic E-state index is -0.0804. The maximum Gasteiger partial charge on any atom is 0.309 e. The maximum atomic E-state index is 11.7. The van der Waals surface area contributed by atoms with Gasteiger partial charge in [-0.1, -0.05) is 40.7 Å². The van der Waals surface area contributed by atoms with E-state index in [1.165, 1.54) is 0 Å². The van der Waals surface area contributed by atoms with Crippen LogP contribution in [-0.2, 0) is 16.6 Å². The van der Waals surface area contributed by atoms with Gasteiger partial charge in [0.05, 0.1) is 18.2 Å². The lowest BCUT2D eigenvalue weighted by molar-refractivity contribution is -0.144. The zero-order valence-electron chi connectivity index (χ0n) is 16.1. The van der Waals surface area contributed by atoms with Gasteiger partial charge in [0.15, 0.2) is 0 Å². The molecule has 1 aromatic rings. The number of carbonyl (C=O) groups excluding carboxylic acids is 1. The van der Waals surface area contributed by atoms with Crippen LogP contribution in [0.15, 0.2) is 6.08 Å². The molecule has 1 heterocycles. The van der Waals surface area contributed by atoms with Crippen molar-refractivity contribution in [2.75, 3.05) is 6.61 Å². The Morgan fingerprint density at radius 3 is 2.43 bits per heavy atom. The Bertz CT molecular complexity index is 504. The minimum absolute atomic E-state index is 0.0107. The second kappa shape index (κ2) is 11.0. The maximum absolute atomic E-state index is 11.7. The van der Waals surface area contributed by atoms with Gasteiger partial charge in [-0.3, -0.25) is 4.79 Å². The number of allylic oxidation sites excluding steroid dienone is 1. The van der Waals surface area contributed by atoms with Gasteiger partial charge in [-0.2, -0.15) is 0 Å². The zero-order valence-corrected chi connectivity index (χ0v) is 16.1. The highest BCUT2D eigenvalue weighted by atomic mass is 16.5. The van der Waals surface area contributed by atoms with E-state index in [9.17, 15) is 4.79 Å². The molecule has 0 aliphatic heterocycles. The predicted molar refractivity (Wildman–Crippen MR) is 97.4 cm³/mol. The number of esters is 1. The lowest BCUT2D eigenvalue weighted by atomic mass is 10.2. The summed E-state index contributed by atoms with van der Waals surface area (Å²) in [5.74, 6) is 1.14. The molecule has 2 rings (SSSR count). The fourth-order valence-corrected chi connectivity index (χ4v) is 2.35. The molecule has 1 aliphatic carbocycles. The SMILES string of the molecule is CC.CC.CC/C=C\c1nc(C2CC2C(=O)OCC)c(C)n1C. The van der Waals surface area contributed by atoms with Gasteiger partial charge in [0.2, 0.25) is 0 Å². The molecule has 132 valence electrons. The van der Waals surface area contributed by atoms with Crippen molar-refractivity contribution in [1.29, 1.82) is 0 Å². The Balaban J connectivity index is 0.00000112. The molecule has 1 aliphatic rings. The van der Waals surface area contributed by atoms with E-state index >= 15 is 0 Å². The molecule has 1 aromatic heterocycles. The third-order valence-corrected chi connectivity index (χ3v) is 3.69. The Morgan fingerprint density at radius 2 is 1.91 bits per heavy atom. The normalized spacial score (nSPS) is 18.6. The first-order chi connectivity index (χ1) is 11.1. The fraction of sp³-hybridized carbons (Fsp3) is 0.684. The van der Waals surface area contributed by atoms with E-state index in [-0.39, 0.29) is 17.8 Å². The molecule has 1 fully saturated rings. The van der Waals surface area contributed by atoms with E-state index in [4.69, 9.17) is 4.74 Å². The number of hydrogen-bond donors (Lipinski definition) is 0. The van der Waals surface area contributed by atoms with Crippen LogP contribution in [0.4, 0.5) is 0 Å². The first-order valence-corrected chi connectivity index (χ1v) is 8.96. The van der Waals surface area contributed by atoms with E-state index in [1.807, 2.05) is 47.7 Å².